The van der Waals surface area contributed by atoms with Crippen LogP contribution in [0.1, 0.15) is 6.92 Å². The first-order chi connectivity index (χ1) is 3.18. The molecule has 0 radical (unpaired) electrons. The van der Waals surface area contributed by atoms with Gasteiger partial charge in [0, 0.05) is 7.05 Å². The lowest BCUT2D eigenvalue weighted by Crippen LogP contribution is -1.87. The summed E-state index contributed by atoms with van der Waals surface area (Å²) >= 11 is 0. The van der Waals surface area contributed by atoms with Gasteiger partial charge in [0.2, 0.25) is 0 Å². The first-order valence-electron chi connectivity index (χ1n) is 1.96. The van der Waals surface area contributed by atoms with E-state index in [1.54, 1.807) is 6.92 Å². The molecule has 0 aliphatic heterocycles. The fourth-order valence-corrected chi connectivity index (χ4v) is 0.121. The molecule has 0 spiro atoms. The van der Waals surface area contributed by atoms with Crippen LogP contribution in [0.4, 0.5) is 4.39 Å². The van der Waals surface area contributed by atoms with Gasteiger partial charge in [0.1, 0.15) is 5.83 Å². The second-order valence-corrected chi connectivity index (χ2v) is 1.21. The van der Waals surface area contributed by atoms with Crippen molar-refractivity contribution < 1.29 is 4.39 Å². The molecule has 1 nitrogen and oxygen atoms in total. The van der Waals surface area contributed by atoms with E-state index in [4.69, 9.17) is 0 Å². The molecule has 0 aliphatic carbocycles. The first kappa shape index (κ1) is 6.34. The summed E-state index contributed by atoms with van der Waals surface area (Å²) < 4.78 is 11.8. The Morgan fingerprint density at radius 2 is 2.14 bits per heavy atom. The zero-order valence-corrected chi connectivity index (χ0v) is 4.53. The van der Waals surface area contributed by atoms with Gasteiger partial charge in [0.05, 0.1) is 5.71 Å². The van der Waals surface area contributed by atoms with Gasteiger partial charge in [-0.15, -0.1) is 0 Å². The highest BCUT2D eigenvalue weighted by Crippen LogP contribution is 1.92. The predicted molar refractivity (Wildman–Crippen MR) is 29.3 cm³/mol. The third-order valence-electron chi connectivity index (χ3n) is 0.728. The van der Waals surface area contributed by atoms with E-state index in [-0.39, 0.29) is 0 Å². The van der Waals surface area contributed by atoms with Crippen LogP contribution in [0.25, 0.3) is 0 Å². The molecule has 0 unspecified atom stereocenters. The topological polar surface area (TPSA) is 12.4 Å². The molecule has 0 saturated heterocycles. The fraction of sp³-hybridized carbons (Fsp3) is 0.400. The van der Waals surface area contributed by atoms with Gasteiger partial charge < -0.3 is 0 Å². The zero-order valence-electron chi connectivity index (χ0n) is 4.53. The molecular formula is C5H8FN. The van der Waals surface area contributed by atoms with Gasteiger partial charge in [0.25, 0.3) is 0 Å². The van der Waals surface area contributed by atoms with E-state index in [0.29, 0.717) is 5.71 Å². The van der Waals surface area contributed by atoms with Gasteiger partial charge in [-0.25, -0.2) is 4.39 Å². The van der Waals surface area contributed by atoms with Crippen molar-refractivity contribution in [3.05, 3.63) is 12.4 Å². The van der Waals surface area contributed by atoms with Crippen molar-refractivity contribution >= 4 is 5.71 Å². The zero-order chi connectivity index (χ0) is 5.86. The van der Waals surface area contributed by atoms with Gasteiger partial charge in [0.15, 0.2) is 0 Å². The molecule has 40 valence electrons. The molecule has 0 heterocycles. The van der Waals surface area contributed by atoms with E-state index in [2.05, 4.69) is 11.6 Å². The van der Waals surface area contributed by atoms with Gasteiger partial charge in [-0.2, -0.15) is 0 Å². The Kier molecular flexibility index (Phi) is 2.27. The molecule has 0 saturated carbocycles. The van der Waals surface area contributed by atoms with Crippen molar-refractivity contribution in [1.29, 1.82) is 0 Å². The maximum absolute atomic E-state index is 11.8. The van der Waals surface area contributed by atoms with Crippen molar-refractivity contribution in [3.63, 3.8) is 0 Å². The van der Waals surface area contributed by atoms with E-state index < -0.39 is 5.83 Å². The fourth-order valence-electron chi connectivity index (χ4n) is 0.121. The van der Waals surface area contributed by atoms with Gasteiger partial charge in [-0.1, -0.05) is 6.58 Å². The summed E-state index contributed by atoms with van der Waals surface area (Å²) in [5.41, 5.74) is 0.361. The van der Waals surface area contributed by atoms with Gasteiger partial charge >= 0.3 is 0 Å². The summed E-state index contributed by atoms with van der Waals surface area (Å²) in [7, 11) is 1.53. The summed E-state index contributed by atoms with van der Waals surface area (Å²) in [6.45, 7) is 4.60. The Bertz CT molecular complexity index is 105. The summed E-state index contributed by atoms with van der Waals surface area (Å²) in [5, 5.41) is 0. The standard InChI is InChI=1S/C5H8FN/c1-4(6)5(2)7-3/h1H2,2-3H3. The molecule has 0 N–H and O–H groups in total. The van der Waals surface area contributed by atoms with Gasteiger partial charge in [-0.3, -0.25) is 4.99 Å². The Labute approximate surface area is 42.6 Å². The van der Waals surface area contributed by atoms with Crippen LogP contribution in [0.5, 0.6) is 0 Å². The highest BCUT2D eigenvalue weighted by molar-refractivity contribution is 5.95. The Hall–Kier alpha value is -0.660. The smallest absolute Gasteiger partial charge is 0.136 e. The molecule has 0 bridgehead atoms. The lowest BCUT2D eigenvalue weighted by atomic mass is 10.4. The van der Waals surface area contributed by atoms with Crippen molar-refractivity contribution in [2.24, 2.45) is 4.99 Å². The summed E-state index contributed by atoms with van der Waals surface area (Å²) in [6, 6.07) is 0. The molecular weight excluding hydrogens is 93.1 g/mol. The second kappa shape index (κ2) is 2.50. The molecule has 0 rings (SSSR count). The van der Waals surface area contributed by atoms with E-state index in [0.717, 1.165) is 0 Å². The molecule has 0 aromatic rings. The third kappa shape index (κ3) is 2.09. The van der Waals surface area contributed by atoms with E-state index in [1.165, 1.54) is 7.05 Å². The van der Waals surface area contributed by atoms with Crippen molar-refractivity contribution in [3.8, 4) is 0 Å². The van der Waals surface area contributed by atoms with E-state index >= 15 is 0 Å². The number of allylic oxidation sites excluding steroid dienone is 1. The monoisotopic (exact) mass is 101 g/mol. The molecule has 0 aromatic carbocycles. The van der Waals surface area contributed by atoms with Crippen LogP contribution in [0.2, 0.25) is 0 Å². The normalized spacial score (nSPS) is 11.6. The maximum atomic E-state index is 11.8. The Morgan fingerprint density at radius 3 is 2.14 bits per heavy atom. The quantitative estimate of drug-likeness (QED) is 0.444. The lowest BCUT2D eigenvalue weighted by molar-refractivity contribution is 0.684. The number of halogens is 1. The maximum Gasteiger partial charge on any atom is 0.136 e. The number of hydrogen-bond acceptors (Lipinski definition) is 1. The Morgan fingerprint density at radius 1 is 1.71 bits per heavy atom. The van der Waals surface area contributed by atoms with Crippen LogP contribution in [0, 0.1) is 0 Å². The molecule has 0 amide bonds. The highest BCUT2D eigenvalue weighted by atomic mass is 19.1. The third-order valence-corrected chi connectivity index (χ3v) is 0.728. The number of aliphatic imine (C=N–C) groups is 1. The number of hydrogen-bond donors (Lipinski definition) is 0. The summed E-state index contributed by atoms with van der Waals surface area (Å²) in [5.74, 6) is -0.456. The predicted octanol–water partition coefficient (Wildman–Crippen LogP) is 1.56. The van der Waals surface area contributed by atoms with Crippen LogP contribution in [0.15, 0.2) is 17.4 Å². The highest BCUT2D eigenvalue weighted by Gasteiger charge is 1.89. The van der Waals surface area contributed by atoms with Crippen LogP contribution in [-0.2, 0) is 0 Å². The SMILES string of the molecule is C=C(F)C(C)=NC. The van der Waals surface area contributed by atoms with E-state index in [1.807, 2.05) is 0 Å². The molecule has 0 aliphatic rings. The lowest BCUT2D eigenvalue weighted by Gasteiger charge is -1.86. The molecule has 0 aromatic heterocycles. The number of nitrogens with zero attached hydrogens (tertiary/aromatic N) is 1. The molecule has 7 heavy (non-hydrogen) atoms. The van der Waals surface area contributed by atoms with Crippen LogP contribution >= 0.6 is 0 Å². The molecule has 0 atom stereocenters. The second-order valence-electron chi connectivity index (χ2n) is 1.21. The first-order valence-corrected chi connectivity index (χ1v) is 1.96. The minimum Gasteiger partial charge on any atom is -0.290 e. The molecule has 0 fully saturated rings. The summed E-state index contributed by atoms with van der Waals surface area (Å²) in [4.78, 5) is 3.53. The van der Waals surface area contributed by atoms with Crippen molar-refractivity contribution in [1.82, 2.24) is 0 Å². The minimum absolute atomic E-state index is 0.361. The average Bonchev–Trinajstić information content (AvgIpc) is 1.65. The summed E-state index contributed by atoms with van der Waals surface area (Å²) in [6.07, 6.45) is 0. The van der Waals surface area contributed by atoms with E-state index in [9.17, 15) is 4.39 Å². The van der Waals surface area contributed by atoms with Crippen molar-refractivity contribution in [2.75, 3.05) is 7.05 Å². The average molecular weight is 101 g/mol. The van der Waals surface area contributed by atoms with Crippen molar-refractivity contribution in [2.45, 2.75) is 6.92 Å². The van der Waals surface area contributed by atoms with Crippen LogP contribution in [-0.4, -0.2) is 12.8 Å². The number of rotatable bonds is 1. The largest absolute Gasteiger partial charge is 0.290 e. The van der Waals surface area contributed by atoms with Crippen LogP contribution < -0.4 is 0 Å². The Balaban J connectivity index is 3.82. The van der Waals surface area contributed by atoms with Crippen LogP contribution in [0.3, 0.4) is 0 Å². The van der Waals surface area contributed by atoms with Gasteiger partial charge in [-0.05, 0) is 6.92 Å². The molecule has 2 heteroatoms. The minimum atomic E-state index is -0.456.